The van der Waals surface area contributed by atoms with Crippen LogP contribution in [-0.2, 0) is 4.74 Å². The van der Waals surface area contributed by atoms with Crippen LogP contribution in [0.25, 0.3) is 0 Å². The van der Waals surface area contributed by atoms with Crippen LogP contribution in [0.15, 0.2) is 10.7 Å². The Bertz CT molecular complexity index is 358. The number of hydrogen-bond acceptors (Lipinski definition) is 4. The summed E-state index contributed by atoms with van der Waals surface area (Å²) in [5.74, 6) is 2.10. The highest BCUT2D eigenvalue weighted by molar-refractivity contribution is 9.10. The minimum Gasteiger partial charge on any atom is -0.385 e. The van der Waals surface area contributed by atoms with Crippen LogP contribution in [0.4, 0.5) is 5.82 Å². The molecule has 0 amide bonds. The molecular formula is C13H22BrN3O. The third-order valence-electron chi connectivity index (χ3n) is 2.56. The van der Waals surface area contributed by atoms with Gasteiger partial charge in [0.15, 0.2) is 0 Å². The van der Waals surface area contributed by atoms with Crippen LogP contribution in [0, 0.1) is 0 Å². The zero-order valence-electron chi connectivity index (χ0n) is 11.4. The number of nitrogens with zero attached hydrogens (tertiary/aromatic N) is 2. The molecule has 4 nitrogen and oxygen atoms in total. The minimum absolute atomic E-state index is 0.338. The molecule has 0 aromatic carbocycles. The van der Waals surface area contributed by atoms with Gasteiger partial charge in [-0.3, -0.25) is 0 Å². The summed E-state index contributed by atoms with van der Waals surface area (Å²) in [4.78, 5) is 8.84. The van der Waals surface area contributed by atoms with Gasteiger partial charge in [0.05, 0.1) is 0 Å². The van der Waals surface area contributed by atoms with Gasteiger partial charge in [-0.1, -0.05) is 13.8 Å². The average Bonchev–Trinajstić information content (AvgIpc) is 2.33. The number of ether oxygens (including phenoxy) is 1. The van der Waals surface area contributed by atoms with Crippen LogP contribution in [0.2, 0.25) is 0 Å². The Morgan fingerprint density at radius 3 is 2.72 bits per heavy atom. The first kappa shape index (κ1) is 15.4. The topological polar surface area (TPSA) is 47.0 Å². The summed E-state index contributed by atoms with van der Waals surface area (Å²) in [7, 11) is 1.74. The Kier molecular flexibility index (Phi) is 7.20. The van der Waals surface area contributed by atoms with E-state index < -0.39 is 0 Å². The van der Waals surface area contributed by atoms with Gasteiger partial charge in [-0.25, -0.2) is 9.97 Å². The van der Waals surface area contributed by atoms with Crippen LogP contribution in [0.3, 0.4) is 0 Å². The van der Waals surface area contributed by atoms with Crippen molar-refractivity contribution < 1.29 is 4.74 Å². The van der Waals surface area contributed by atoms with Crippen LogP contribution in [0.5, 0.6) is 0 Å². The Hall–Kier alpha value is -0.680. The van der Waals surface area contributed by atoms with Crippen molar-refractivity contribution in [3.63, 3.8) is 0 Å². The highest BCUT2D eigenvalue weighted by Crippen LogP contribution is 2.17. The smallest absolute Gasteiger partial charge is 0.134 e. The van der Waals surface area contributed by atoms with Crippen molar-refractivity contribution in [3.05, 3.63) is 16.5 Å². The molecule has 1 heterocycles. The van der Waals surface area contributed by atoms with Crippen molar-refractivity contribution in [1.29, 1.82) is 0 Å². The summed E-state index contributed by atoms with van der Waals surface area (Å²) in [6.07, 6.45) is 3.41. The monoisotopic (exact) mass is 315 g/mol. The van der Waals surface area contributed by atoms with Crippen molar-refractivity contribution in [2.75, 3.05) is 25.6 Å². The second-order valence-corrected chi connectivity index (χ2v) is 5.38. The maximum atomic E-state index is 5.02. The highest BCUT2D eigenvalue weighted by Gasteiger charge is 2.06. The number of methoxy groups -OCH3 is 1. The molecule has 0 fully saturated rings. The van der Waals surface area contributed by atoms with Crippen molar-refractivity contribution >= 4 is 21.7 Å². The Balaban J connectivity index is 2.37. The molecular weight excluding hydrogens is 294 g/mol. The molecule has 0 saturated heterocycles. The van der Waals surface area contributed by atoms with Gasteiger partial charge < -0.3 is 10.1 Å². The summed E-state index contributed by atoms with van der Waals surface area (Å²) in [5.41, 5.74) is 0. The first-order valence-electron chi connectivity index (χ1n) is 6.40. The van der Waals surface area contributed by atoms with E-state index in [2.05, 4.69) is 45.1 Å². The number of halogens is 1. The van der Waals surface area contributed by atoms with Gasteiger partial charge in [-0.2, -0.15) is 0 Å². The number of aromatic nitrogens is 2. The molecule has 0 bridgehead atoms. The first-order valence-corrected chi connectivity index (χ1v) is 7.20. The third-order valence-corrected chi connectivity index (χ3v) is 2.97. The lowest BCUT2D eigenvalue weighted by molar-refractivity contribution is 0.192. The van der Waals surface area contributed by atoms with Gasteiger partial charge in [0.25, 0.3) is 0 Å². The summed E-state index contributed by atoms with van der Waals surface area (Å²) < 4.78 is 5.85. The van der Waals surface area contributed by atoms with Crippen LogP contribution < -0.4 is 5.32 Å². The zero-order valence-corrected chi connectivity index (χ0v) is 13.0. The fourth-order valence-corrected chi connectivity index (χ4v) is 1.95. The van der Waals surface area contributed by atoms with E-state index in [-0.39, 0.29) is 0 Å². The molecule has 0 aliphatic heterocycles. The van der Waals surface area contributed by atoms with E-state index in [1.165, 1.54) is 6.42 Å². The van der Waals surface area contributed by atoms with E-state index in [1.807, 2.05) is 6.07 Å². The van der Waals surface area contributed by atoms with E-state index in [1.54, 1.807) is 7.11 Å². The van der Waals surface area contributed by atoms with Gasteiger partial charge >= 0.3 is 0 Å². The molecule has 0 saturated carbocycles. The number of unbranched alkanes of at least 4 members (excludes halogenated alkanes) is 2. The third kappa shape index (κ3) is 5.78. The molecule has 0 aliphatic rings. The van der Waals surface area contributed by atoms with Crippen molar-refractivity contribution in [3.8, 4) is 0 Å². The second-order valence-electron chi connectivity index (χ2n) is 4.57. The van der Waals surface area contributed by atoms with Gasteiger partial charge in [0, 0.05) is 32.2 Å². The quantitative estimate of drug-likeness (QED) is 0.588. The second kappa shape index (κ2) is 8.43. The normalized spacial score (nSPS) is 10.9. The lowest BCUT2D eigenvalue weighted by Crippen LogP contribution is -2.07. The largest absolute Gasteiger partial charge is 0.385 e. The van der Waals surface area contributed by atoms with Crippen molar-refractivity contribution in [2.24, 2.45) is 0 Å². The molecule has 0 radical (unpaired) electrons. The Morgan fingerprint density at radius 2 is 2.06 bits per heavy atom. The SMILES string of the molecule is COCCCCCNc1cc(Br)nc(C(C)C)n1. The molecule has 0 spiro atoms. The predicted octanol–water partition coefficient (Wildman–Crippen LogP) is 3.59. The molecule has 18 heavy (non-hydrogen) atoms. The molecule has 0 aliphatic carbocycles. The van der Waals surface area contributed by atoms with Gasteiger partial charge in [0.1, 0.15) is 16.2 Å². The number of hydrogen-bond donors (Lipinski definition) is 1. The van der Waals surface area contributed by atoms with E-state index in [0.717, 1.165) is 42.2 Å². The van der Waals surface area contributed by atoms with Crippen molar-refractivity contribution in [1.82, 2.24) is 9.97 Å². The van der Waals surface area contributed by atoms with Crippen LogP contribution >= 0.6 is 15.9 Å². The molecule has 0 unspecified atom stereocenters. The maximum Gasteiger partial charge on any atom is 0.134 e. The minimum atomic E-state index is 0.338. The van der Waals surface area contributed by atoms with Crippen LogP contribution in [0.1, 0.15) is 44.9 Å². The Labute approximate surface area is 118 Å². The lowest BCUT2D eigenvalue weighted by Gasteiger charge is -2.09. The average molecular weight is 316 g/mol. The van der Waals surface area contributed by atoms with Crippen LogP contribution in [-0.4, -0.2) is 30.2 Å². The van der Waals surface area contributed by atoms with E-state index in [9.17, 15) is 0 Å². The van der Waals surface area contributed by atoms with E-state index in [0.29, 0.717) is 5.92 Å². The fraction of sp³-hybridized carbons (Fsp3) is 0.692. The molecule has 1 aromatic heterocycles. The molecule has 1 N–H and O–H groups in total. The van der Waals surface area contributed by atoms with E-state index in [4.69, 9.17) is 4.74 Å². The summed E-state index contributed by atoms with van der Waals surface area (Å²) in [6, 6.07) is 1.92. The molecule has 0 atom stereocenters. The molecule has 102 valence electrons. The van der Waals surface area contributed by atoms with Gasteiger partial charge in [0.2, 0.25) is 0 Å². The van der Waals surface area contributed by atoms with E-state index >= 15 is 0 Å². The fourth-order valence-electron chi connectivity index (χ4n) is 1.55. The van der Waals surface area contributed by atoms with Gasteiger partial charge in [-0.15, -0.1) is 0 Å². The summed E-state index contributed by atoms with van der Waals surface area (Å²) in [5, 5.41) is 3.34. The number of anilines is 1. The zero-order chi connectivity index (χ0) is 13.4. The summed E-state index contributed by atoms with van der Waals surface area (Å²) >= 11 is 3.42. The predicted molar refractivity (Wildman–Crippen MR) is 78.0 cm³/mol. The van der Waals surface area contributed by atoms with Gasteiger partial charge in [-0.05, 0) is 35.2 Å². The number of rotatable bonds is 8. The first-order chi connectivity index (χ1) is 8.63. The summed E-state index contributed by atoms with van der Waals surface area (Å²) in [6.45, 7) is 5.97. The Morgan fingerprint density at radius 1 is 1.28 bits per heavy atom. The maximum absolute atomic E-state index is 5.02. The lowest BCUT2D eigenvalue weighted by atomic mass is 10.2. The number of nitrogens with one attached hydrogen (secondary N) is 1. The molecule has 1 aromatic rings. The molecule has 5 heteroatoms. The van der Waals surface area contributed by atoms with Crippen molar-refractivity contribution in [2.45, 2.75) is 39.0 Å². The highest BCUT2D eigenvalue weighted by atomic mass is 79.9. The molecule has 1 rings (SSSR count). The standard InChI is InChI=1S/C13H22BrN3O/c1-10(2)13-16-11(14)9-12(17-13)15-7-5-4-6-8-18-3/h9-10H,4-8H2,1-3H3,(H,15,16,17).